The maximum Gasteiger partial charge on any atom is 0.261 e. The van der Waals surface area contributed by atoms with Crippen molar-refractivity contribution in [1.82, 2.24) is 0 Å². The highest BCUT2D eigenvalue weighted by atomic mass is 32.2. The van der Waals surface area contributed by atoms with Crippen LogP contribution in [-0.4, -0.2) is 6.71 Å². The van der Waals surface area contributed by atoms with Gasteiger partial charge in [-0.25, -0.2) is 0 Å². The van der Waals surface area contributed by atoms with Crippen molar-refractivity contribution < 1.29 is 9.47 Å². The minimum Gasteiger partial charge on any atom is -0.458 e. The van der Waals surface area contributed by atoms with Crippen LogP contribution in [0, 0.1) is 0 Å². The van der Waals surface area contributed by atoms with Crippen LogP contribution in [0.4, 0.5) is 0 Å². The highest BCUT2D eigenvalue weighted by Crippen LogP contribution is 2.57. The molecule has 4 aliphatic heterocycles. The zero-order chi connectivity index (χ0) is 22.7. The molecule has 0 N–H and O–H groups in total. The molecule has 5 aromatic rings. The van der Waals surface area contributed by atoms with Crippen molar-refractivity contribution in [3.8, 4) is 23.0 Å². The molecule has 0 saturated carbocycles. The van der Waals surface area contributed by atoms with Crippen LogP contribution in [0.1, 0.15) is 22.3 Å². The van der Waals surface area contributed by atoms with Gasteiger partial charge in [0.2, 0.25) is 0 Å². The lowest BCUT2D eigenvalue weighted by Crippen LogP contribution is -2.65. The molecule has 9 rings (SSSR count). The second-order valence-electron chi connectivity index (χ2n) is 9.58. The van der Waals surface area contributed by atoms with E-state index in [2.05, 4.69) is 97.1 Å². The van der Waals surface area contributed by atoms with Gasteiger partial charge in [-0.2, -0.15) is 0 Å². The summed E-state index contributed by atoms with van der Waals surface area (Å²) < 4.78 is 13.1. The second kappa shape index (κ2) is 6.21. The monoisotopic (exact) mass is 464 g/mol. The fraction of sp³-hybridized carbons (Fsp3) is 0.0323. The Balaban J connectivity index is 1.53. The maximum absolute atomic E-state index is 6.57. The smallest absolute Gasteiger partial charge is 0.261 e. The van der Waals surface area contributed by atoms with Gasteiger partial charge in [0.25, 0.3) is 6.71 Å². The molecule has 0 fully saturated rings. The van der Waals surface area contributed by atoms with E-state index in [1.807, 2.05) is 17.8 Å². The van der Waals surface area contributed by atoms with Gasteiger partial charge in [-0.05, 0) is 69.6 Å². The van der Waals surface area contributed by atoms with Crippen LogP contribution in [-0.2, 0) is 5.41 Å². The summed E-state index contributed by atoms with van der Waals surface area (Å²) in [5.41, 5.74) is 8.53. The van der Waals surface area contributed by atoms with E-state index < -0.39 is 5.41 Å². The number of benzene rings is 5. The minimum absolute atomic E-state index is 0.0978. The largest absolute Gasteiger partial charge is 0.458 e. The number of ether oxygens (including phenoxy) is 2. The molecule has 4 heteroatoms. The van der Waals surface area contributed by atoms with Gasteiger partial charge in [0.1, 0.15) is 23.0 Å². The molecule has 0 radical (unpaired) electrons. The Morgan fingerprint density at radius 2 is 0.886 bits per heavy atom. The highest BCUT2D eigenvalue weighted by molar-refractivity contribution is 7.99. The van der Waals surface area contributed by atoms with Crippen molar-refractivity contribution in [3.05, 3.63) is 125 Å². The normalized spacial score (nSPS) is 15.9. The van der Waals surface area contributed by atoms with E-state index in [4.69, 9.17) is 9.47 Å². The van der Waals surface area contributed by atoms with Gasteiger partial charge < -0.3 is 9.47 Å². The summed E-state index contributed by atoms with van der Waals surface area (Å²) in [6, 6.07) is 37.1. The summed E-state index contributed by atoms with van der Waals surface area (Å²) in [5.74, 6) is 3.70. The number of fused-ring (bicyclic) bond motifs is 6. The van der Waals surface area contributed by atoms with Crippen LogP contribution in [0.3, 0.4) is 0 Å². The Labute approximate surface area is 207 Å². The third-order valence-electron chi connectivity index (χ3n) is 8.07. The van der Waals surface area contributed by atoms with E-state index in [0.717, 1.165) is 28.5 Å². The molecule has 35 heavy (non-hydrogen) atoms. The summed E-state index contributed by atoms with van der Waals surface area (Å²) in [7, 11) is 0. The number of hydrogen-bond acceptors (Lipinski definition) is 3. The lowest BCUT2D eigenvalue weighted by Gasteiger charge is -2.49. The van der Waals surface area contributed by atoms with Gasteiger partial charge in [-0.3, -0.25) is 0 Å². The van der Waals surface area contributed by atoms with Gasteiger partial charge in [-0.1, -0.05) is 78.5 Å². The molecule has 1 spiro atoms. The highest BCUT2D eigenvalue weighted by Gasteiger charge is 2.55. The second-order valence-corrected chi connectivity index (χ2v) is 10.7. The lowest BCUT2D eigenvalue weighted by molar-refractivity contribution is 0.461. The van der Waals surface area contributed by atoms with Crippen molar-refractivity contribution in [2.75, 3.05) is 0 Å². The first-order valence-electron chi connectivity index (χ1n) is 12.0. The van der Waals surface area contributed by atoms with Crippen LogP contribution in [0.5, 0.6) is 23.0 Å². The van der Waals surface area contributed by atoms with E-state index in [9.17, 15) is 0 Å². The van der Waals surface area contributed by atoms with Crippen molar-refractivity contribution in [3.63, 3.8) is 0 Å². The fourth-order valence-corrected chi connectivity index (χ4v) is 8.08. The summed E-state index contributed by atoms with van der Waals surface area (Å²) in [4.78, 5) is 2.60. The molecule has 0 bridgehead atoms. The first-order valence-corrected chi connectivity index (χ1v) is 12.8. The molecule has 0 saturated heterocycles. The van der Waals surface area contributed by atoms with Crippen LogP contribution in [0.15, 0.2) is 113 Å². The van der Waals surface area contributed by atoms with Crippen molar-refractivity contribution in [1.29, 1.82) is 0 Å². The molecule has 0 unspecified atom stereocenters. The molecule has 162 valence electrons. The molecular formula is C31H17BO2S. The van der Waals surface area contributed by atoms with Crippen LogP contribution in [0.2, 0.25) is 0 Å². The number of hydrogen-bond donors (Lipinski definition) is 0. The molecule has 0 aromatic heterocycles. The average Bonchev–Trinajstić information content (AvgIpc) is 2.91. The van der Waals surface area contributed by atoms with Gasteiger partial charge in [-0.15, -0.1) is 0 Å². The Morgan fingerprint density at radius 1 is 0.457 bits per heavy atom. The summed E-state index contributed by atoms with van der Waals surface area (Å²) in [6.07, 6.45) is 0. The molecule has 0 aliphatic carbocycles. The summed E-state index contributed by atoms with van der Waals surface area (Å²) in [5, 5.41) is 0. The van der Waals surface area contributed by atoms with Gasteiger partial charge in [0, 0.05) is 15.3 Å². The van der Waals surface area contributed by atoms with E-state index in [1.165, 1.54) is 43.0 Å². The standard InChI is InChI=1S/C31H17BO2S/c1-3-16-26-18(8-1)31(19-9-2-4-17-27(19)35-26)20-10-5-12-22-28(20)32-29-21(31)11-6-13-23(29)34-25-15-7-14-24(33-22)30(25)32/h1-17H. The molecule has 0 amide bonds. The summed E-state index contributed by atoms with van der Waals surface area (Å²) in [6.45, 7) is 0.0978. The Kier molecular flexibility index (Phi) is 3.27. The third-order valence-corrected chi connectivity index (χ3v) is 9.23. The number of rotatable bonds is 0. The van der Waals surface area contributed by atoms with E-state index in [1.54, 1.807) is 0 Å². The minimum atomic E-state index is -0.442. The van der Waals surface area contributed by atoms with Gasteiger partial charge >= 0.3 is 0 Å². The maximum atomic E-state index is 6.57. The Bertz CT molecular complexity index is 1630. The molecule has 4 aliphatic rings. The molecule has 5 aromatic carbocycles. The zero-order valence-electron chi connectivity index (χ0n) is 18.6. The van der Waals surface area contributed by atoms with E-state index in [0.29, 0.717) is 0 Å². The van der Waals surface area contributed by atoms with Crippen molar-refractivity contribution in [2.24, 2.45) is 0 Å². The van der Waals surface area contributed by atoms with Gasteiger partial charge in [0.05, 0.1) is 5.41 Å². The van der Waals surface area contributed by atoms with Crippen molar-refractivity contribution in [2.45, 2.75) is 15.2 Å². The van der Waals surface area contributed by atoms with Gasteiger partial charge in [0.15, 0.2) is 0 Å². The average molecular weight is 464 g/mol. The fourth-order valence-electron chi connectivity index (χ4n) is 6.89. The molecule has 0 atom stereocenters. The van der Waals surface area contributed by atoms with Crippen LogP contribution >= 0.6 is 11.8 Å². The lowest BCUT2D eigenvalue weighted by atomic mass is 9.29. The Morgan fingerprint density at radius 3 is 1.43 bits per heavy atom. The first-order chi connectivity index (χ1) is 17.4. The SMILES string of the molecule is c1cc2c3c(c1)Oc1cccc4c1B3c1c(cccc1C41c3ccccc3Sc3ccccc31)O2. The van der Waals surface area contributed by atoms with E-state index in [-0.39, 0.29) is 6.71 Å². The molecule has 4 heterocycles. The third kappa shape index (κ3) is 2.04. The van der Waals surface area contributed by atoms with Crippen LogP contribution < -0.4 is 25.9 Å². The molecular weight excluding hydrogens is 447 g/mol. The predicted molar refractivity (Wildman–Crippen MR) is 140 cm³/mol. The topological polar surface area (TPSA) is 18.5 Å². The summed E-state index contributed by atoms with van der Waals surface area (Å²) >= 11 is 1.87. The van der Waals surface area contributed by atoms with Crippen molar-refractivity contribution >= 4 is 34.9 Å². The van der Waals surface area contributed by atoms with Crippen LogP contribution in [0.25, 0.3) is 0 Å². The predicted octanol–water partition coefficient (Wildman–Crippen LogP) is 5.57. The van der Waals surface area contributed by atoms with E-state index >= 15 is 0 Å². The molecule has 2 nitrogen and oxygen atoms in total. The quantitative estimate of drug-likeness (QED) is 0.273. The first kappa shape index (κ1) is 18.4. The Hall–Kier alpha value is -3.89. The zero-order valence-corrected chi connectivity index (χ0v) is 19.4.